The van der Waals surface area contributed by atoms with Crippen molar-refractivity contribution >= 4 is 10.9 Å². The highest BCUT2D eigenvalue weighted by Crippen LogP contribution is 2.31. The third kappa shape index (κ3) is 2.27. The minimum atomic E-state index is -0.242. The molecule has 0 spiro atoms. The fourth-order valence-electron chi connectivity index (χ4n) is 2.49. The summed E-state index contributed by atoms with van der Waals surface area (Å²) in [6.07, 6.45) is 0. The number of para-hydroxylation sites is 1. The van der Waals surface area contributed by atoms with E-state index in [9.17, 15) is 4.39 Å². The number of benzene rings is 2. The predicted octanol–water partition coefficient (Wildman–Crippen LogP) is 4.43. The van der Waals surface area contributed by atoms with E-state index in [0.717, 1.165) is 22.4 Å². The van der Waals surface area contributed by atoms with Gasteiger partial charge in [-0.1, -0.05) is 12.1 Å². The summed E-state index contributed by atoms with van der Waals surface area (Å²) in [5, 5.41) is 5.44. The molecule has 0 radical (unpaired) electrons. The fourth-order valence-corrected chi connectivity index (χ4v) is 2.49. The molecule has 0 fully saturated rings. The molecule has 3 aromatic rings. The van der Waals surface area contributed by atoms with Gasteiger partial charge in [0.05, 0.1) is 7.11 Å². The van der Waals surface area contributed by atoms with Gasteiger partial charge in [-0.25, -0.2) is 4.39 Å². The van der Waals surface area contributed by atoms with Crippen molar-refractivity contribution in [3.8, 4) is 17.0 Å². The molecule has 0 aliphatic carbocycles. The number of ether oxygens (including phenoxy) is 1. The molecule has 4 heteroatoms. The summed E-state index contributed by atoms with van der Waals surface area (Å²) >= 11 is 0. The molecular formula is C17H17FN2O. The van der Waals surface area contributed by atoms with Gasteiger partial charge in [0.2, 0.25) is 0 Å². The van der Waals surface area contributed by atoms with Crippen LogP contribution in [-0.4, -0.2) is 16.9 Å². The third-order valence-electron chi connectivity index (χ3n) is 3.53. The number of nitrogens with zero attached hydrogens (tertiary/aromatic N) is 2. The van der Waals surface area contributed by atoms with Crippen LogP contribution in [-0.2, 0) is 0 Å². The standard InChI is InChI=1S/C17H17FN2O/c1-11(2)20-17-14(5-4-6-15(17)18)16(19-20)12-7-9-13(21-3)10-8-12/h4-11H,1-3H3. The predicted molar refractivity (Wildman–Crippen MR) is 82.1 cm³/mol. The first-order valence-electron chi connectivity index (χ1n) is 6.93. The van der Waals surface area contributed by atoms with E-state index in [0.29, 0.717) is 5.52 Å². The van der Waals surface area contributed by atoms with Gasteiger partial charge in [-0.15, -0.1) is 0 Å². The van der Waals surface area contributed by atoms with Gasteiger partial charge in [-0.05, 0) is 44.2 Å². The third-order valence-corrected chi connectivity index (χ3v) is 3.53. The molecule has 21 heavy (non-hydrogen) atoms. The van der Waals surface area contributed by atoms with Gasteiger partial charge in [0.1, 0.15) is 22.8 Å². The summed E-state index contributed by atoms with van der Waals surface area (Å²) < 4.78 is 21.1. The molecule has 3 rings (SSSR count). The van der Waals surface area contributed by atoms with E-state index in [1.165, 1.54) is 6.07 Å². The van der Waals surface area contributed by atoms with Crippen molar-refractivity contribution in [2.75, 3.05) is 7.11 Å². The Hall–Kier alpha value is -2.36. The molecule has 0 bridgehead atoms. The van der Waals surface area contributed by atoms with Crippen LogP contribution in [0.4, 0.5) is 4.39 Å². The monoisotopic (exact) mass is 284 g/mol. The fraction of sp³-hybridized carbons (Fsp3) is 0.235. The molecule has 0 aliphatic heterocycles. The topological polar surface area (TPSA) is 27.1 Å². The number of halogens is 1. The first-order valence-corrected chi connectivity index (χ1v) is 6.93. The zero-order valence-electron chi connectivity index (χ0n) is 12.3. The van der Waals surface area contributed by atoms with Gasteiger partial charge in [-0.2, -0.15) is 5.10 Å². The molecule has 2 aromatic carbocycles. The van der Waals surface area contributed by atoms with Crippen molar-refractivity contribution in [3.63, 3.8) is 0 Å². The van der Waals surface area contributed by atoms with Crippen molar-refractivity contribution in [1.82, 2.24) is 9.78 Å². The highest BCUT2D eigenvalue weighted by atomic mass is 19.1. The molecule has 0 amide bonds. The molecule has 108 valence electrons. The lowest BCUT2D eigenvalue weighted by Gasteiger charge is -2.07. The van der Waals surface area contributed by atoms with Crippen molar-refractivity contribution in [2.45, 2.75) is 19.9 Å². The second-order valence-electron chi connectivity index (χ2n) is 5.25. The Bertz CT molecular complexity index is 775. The molecule has 1 heterocycles. The first kappa shape index (κ1) is 13.6. The zero-order valence-corrected chi connectivity index (χ0v) is 12.3. The summed E-state index contributed by atoms with van der Waals surface area (Å²) in [4.78, 5) is 0. The Morgan fingerprint density at radius 1 is 1.10 bits per heavy atom. The number of fused-ring (bicyclic) bond motifs is 1. The van der Waals surface area contributed by atoms with E-state index < -0.39 is 0 Å². The Labute approximate surface area is 123 Å². The molecular weight excluding hydrogens is 267 g/mol. The van der Waals surface area contributed by atoms with Gasteiger partial charge < -0.3 is 4.74 Å². The average Bonchev–Trinajstić information content (AvgIpc) is 2.88. The van der Waals surface area contributed by atoms with Crippen LogP contribution in [0.25, 0.3) is 22.2 Å². The maximum Gasteiger partial charge on any atom is 0.149 e. The van der Waals surface area contributed by atoms with Crippen LogP contribution in [0, 0.1) is 5.82 Å². The Morgan fingerprint density at radius 3 is 2.43 bits per heavy atom. The zero-order chi connectivity index (χ0) is 15.0. The number of hydrogen-bond donors (Lipinski definition) is 0. The minimum absolute atomic E-state index is 0.0939. The van der Waals surface area contributed by atoms with Crippen molar-refractivity contribution < 1.29 is 9.13 Å². The Balaban J connectivity index is 2.25. The lowest BCUT2D eigenvalue weighted by molar-refractivity contribution is 0.415. The highest BCUT2D eigenvalue weighted by Gasteiger charge is 2.17. The molecule has 1 aromatic heterocycles. The van der Waals surface area contributed by atoms with E-state index in [4.69, 9.17) is 4.74 Å². The van der Waals surface area contributed by atoms with Crippen molar-refractivity contribution in [1.29, 1.82) is 0 Å². The average molecular weight is 284 g/mol. The van der Waals surface area contributed by atoms with Crippen LogP contribution in [0.2, 0.25) is 0 Å². The van der Waals surface area contributed by atoms with Gasteiger partial charge in [-0.3, -0.25) is 4.68 Å². The number of methoxy groups -OCH3 is 1. The van der Waals surface area contributed by atoms with E-state index in [-0.39, 0.29) is 11.9 Å². The minimum Gasteiger partial charge on any atom is -0.497 e. The van der Waals surface area contributed by atoms with Crippen LogP contribution in [0.1, 0.15) is 19.9 Å². The largest absolute Gasteiger partial charge is 0.497 e. The van der Waals surface area contributed by atoms with Crippen LogP contribution in [0.15, 0.2) is 42.5 Å². The van der Waals surface area contributed by atoms with Crippen LogP contribution < -0.4 is 4.74 Å². The smallest absolute Gasteiger partial charge is 0.149 e. The molecule has 0 unspecified atom stereocenters. The summed E-state index contributed by atoms with van der Waals surface area (Å²) in [6, 6.07) is 12.8. The second-order valence-corrected chi connectivity index (χ2v) is 5.25. The number of aromatic nitrogens is 2. The molecule has 0 atom stereocenters. The van der Waals surface area contributed by atoms with Gasteiger partial charge in [0, 0.05) is 17.0 Å². The highest BCUT2D eigenvalue weighted by molar-refractivity contribution is 5.93. The van der Waals surface area contributed by atoms with E-state index in [1.54, 1.807) is 17.9 Å². The SMILES string of the molecule is COc1ccc(-c2nn(C(C)C)c3c(F)cccc23)cc1. The lowest BCUT2D eigenvalue weighted by atomic mass is 10.1. The summed E-state index contributed by atoms with van der Waals surface area (Å²) in [5.74, 6) is 0.547. The van der Waals surface area contributed by atoms with E-state index >= 15 is 0 Å². The maximum absolute atomic E-state index is 14.2. The van der Waals surface area contributed by atoms with Crippen molar-refractivity contribution in [3.05, 3.63) is 48.3 Å². The number of hydrogen-bond acceptors (Lipinski definition) is 2. The summed E-state index contributed by atoms with van der Waals surface area (Å²) in [6.45, 7) is 3.99. The van der Waals surface area contributed by atoms with Crippen molar-refractivity contribution in [2.24, 2.45) is 0 Å². The summed E-state index contributed by atoms with van der Waals surface area (Å²) in [5.41, 5.74) is 2.30. The Morgan fingerprint density at radius 2 is 1.81 bits per heavy atom. The first-order chi connectivity index (χ1) is 10.1. The molecule has 3 nitrogen and oxygen atoms in total. The molecule has 0 saturated heterocycles. The normalized spacial score (nSPS) is 11.3. The lowest BCUT2D eigenvalue weighted by Crippen LogP contribution is -2.03. The van der Waals surface area contributed by atoms with Gasteiger partial charge >= 0.3 is 0 Å². The molecule has 0 saturated carbocycles. The van der Waals surface area contributed by atoms with Gasteiger partial charge in [0.25, 0.3) is 0 Å². The van der Waals surface area contributed by atoms with Crippen LogP contribution >= 0.6 is 0 Å². The molecule has 0 N–H and O–H groups in total. The number of rotatable bonds is 3. The second kappa shape index (κ2) is 5.20. The van der Waals surface area contributed by atoms with Gasteiger partial charge in [0.15, 0.2) is 0 Å². The molecule has 0 aliphatic rings. The van der Waals surface area contributed by atoms with E-state index in [2.05, 4.69) is 5.10 Å². The van der Waals surface area contributed by atoms with Crippen LogP contribution in [0.3, 0.4) is 0 Å². The maximum atomic E-state index is 14.2. The Kier molecular flexibility index (Phi) is 3.37. The van der Waals surface area contributed by atoms with Crippen LogP contribution in [0.5, 0.6) is 5.75 Å². The quantitative estimate of drug-likeness (QED) is 0.711. The summed E-state index contributed by atoms with van der Waals surface area (Å²) in [7, 11) is 1.63. The van der Waals surface area contributed by atoms with E-state index in [1.807, 2.05) is 44.2 Å².